The van der Waals surface area contributed by atoms with Crippen LogP contribution in [0.5, 0.6) is 0 Å². The molecule has 0 bridgehead atoms. The molecule has 0 saturated heterocycles. The van der Waals surface area contributed by atoms with Crippen LogP contribution in [0, 0.1) is 5.92 Å². The van der Waals surface area contributed by atoms with Crippen LogP contribution in [0.4, 0.5) is 0 Å². The highest BCUT2D eigenvalue weighted by Gasteiger charge is 2.11. The number of rotatable bonds is 9. The number of hydrogen-bond acceptors (Lipinski definition) is 1. The summed E-state index contributed by atoms with van der Waals surface area (Å²) >= 11 is 5.97. The number of halogens is 1. The van der Waals surface area contributed by atoms with Gasteiger partial charge in [-0.05, 0) is 48.9 Å². The van der Waals surface area contributed by atoms with E-state index in [4.69, 9.17) is 11.6 Å². The predicted octanol–water partition coefficient (Wildman–Crippen LogP) is 5.25. The minimum atomic E-state index is 0.613. The molecular weight excluding hydrogens is 254 g/mol. The van der Waals surface area contributed by atoms with Gasteiger partial charge in [-0.15, -0.1) is 0 Å². The second kappa shape index (κ2) is 9.39. The second-order valence-corrected chi connectivity index (χ2v) is 6.21. The standard InChI is InChI=1S/C17H28ClN/c1-4-12-19-13-16(7-5-6-14(2)3)15-8-10-17(18)11-9-15/h8-11,14,16,19H,4-7,12-13H2,1-3H3. The molecule has 19 heavy (non-hydrogen) atoms. The molecule has 2 heteroatoms. The number of nitrogens with one attached hydrogen (secondary N) is 1. The monoisotopic (exact) mass is 281 g/mol. The molecule has 0 aromatic heterocycles. The highest BCUT2D eigenvalue weighted by molar-refractivity contribution is 6.30. The normalized spacial score (nSPS) is 12.9. The van der Waals surface area contributed by atoms with Gasteiger partial charge in [-0.25, -0.2) is 0 Å². The van der Waals surface area contributed by atoms with E-state index in [0.717, 1.165) is 24.0 Å². The molecule has 1 unspecified atom stereocenters. The van der Waals surface area contributed by atoms with Gasteiger partial charge >= 0.3 is 0 Å². The van der Waals surface area contributed by atoms with Gasteiger partial charge in [0, 0.05) is 11.6 Å². The Hall–Kier alpha value is -0.530. The molecule has 0 aliphatic carbocycles. The Morgan fingerprint density at radius 2 is 1.79 bits per heavy atom. The highest BCUT2D eigenvalue weighted by Crippen LogP contribution is 2.24. The SMILES string of the molecule is CCCNCC(CCCC(C)C)c1ccc(Cl)cc1. The van der Waals surface area contributed by atoms with Crippen LogP contribution in [0.1, 0.15) is 57.9 Å². The smallest absolute Gasteiger partial charge is 0.0406 e. The summed E-state index contributed by atoms with van der Waals surface area (Å²) in [5, 5.41) is 4.38. The highest BCUT2D eigenvalue weighted by atomic mass is 35.5. The van der Waals surface area contributed by atoms with Gasteiger partial charge < -0.3 is 5.32 Å². The number of hydrogen-bond donors (Lipinski definition) is 1. The Kier molecular flexibility index (Phi) is 8.16. The van der Waals surface area contributed by atoms with Gasteiger partial charge in [-0.2, -0.15) is 0 Å². The third-order valence-corrected chi connectivity index (χ3v) is 3.74. The fraction of sp³-hybridized carbons (Fsp3) is 0.647. The summed E-state index contributed by atoms with van der Waals surface area (Å²) < 4.78 is 0. The molecule has 0 heterocycles. The van der Waals surface area contributed by atoms with Crippen LogP contribution < -0.4 is 5.32 Å². The summed E-state index contributed by atoms with van der Waals surface area (Å²) in [6, 6.07) is 8.37. The molecule has 0 aliphatic heterocycles. The minimum absolute atomic E-state index is 0.613. The molecule has 0 radical (unpaired) electrons. The Morgan fingerprint density at radius 1 is 1.11 bits per heavy atom. The number of benzene rings is 1. The molecule has 0 saturated carbocycles. The fourth-order valence-corrected chi connectivity index (χ4v) is 2.47. The minimum Gasteiger partial charge on any atom is -0.316 e. The first kappa shape index (κ1) is 16.5. The van der Waals surface area contributed by atoms with E-state index in [1.165, 1.54) is 31.2 Å². The lowest BCUT2D eigenvalue weighted by molar-refractivity contribution is 0.480. The zero-order chi connectivity index (χ0) is 14.1. The van der Waals surface area contributed by atoms with E-state index in [2.05, 4.69) is 38.2 Å². The maximum Gasteiger partial charge on any atom is 0.0406 e. The zero-order valence-electron chi connectivity index (χ0n) is 12.6. The van der Waals surface area contributed by atoms with Crippen molar-refractivity contribution in [3.63, 3.8) is 0 Å². The van der Waals surface area contributed by atoms with Gasteiger partial charge in [0.15, 0.2) is 0 Å². The Morgan fingerprint density at radius 3 is 2.37 bits per heavy atom. The fourth-order valence-electron chi connectivity index (χ4n) is 2.35. The molecule has 1 nitrogen and oxygen atoms in total. The van der Waals surface area contributed by atoms with Gasteiger partial charge in [0.2, 0.25) is 0 Å². The van der Waals surface area contributed by atoms with Gasteiger partial charge in [0.05, 0.1) is 0 Å². The molecule has 108 valence electrons. The van der Waals surface area contributed by atoms with Crippen LogP contribution in [-0.4, -0.2) is 13.1 Å². The molecule has 1 N–H and O–H groups in total. The lowest BCUT2D eigenvalue weighted by Gasteiger charge is -2.19. The van der Waals surface area contributed by atoms with Crippen LogP contribution >= 0.6 is 11.6 Å². The largest absolute Gasteiger partial charge is 0.316 e. The van der Waals surface area contributed by atoms with Crippen molar-refractivity contribution in [3.05, 3.63) is 34.9 Å². The molecule has 0 aliphatic rings. The van der Waals surface area contributed by atoms with Crippen molar-refractivity contribution in [2.24, 2.45) is 5.92 Å². The summed E-state index contributed by atoms with van der Waals surface area (Å²) in [6.07, 6.45) is 5.08. The van der Waals surface area contributed by atoms with Crippen molar-refractivity contribution in [1.29, 1.82) is 0 Å². The van der Waals surface area contributed by atoms with Gasteiger partial charge in [-0.1, -0.05) is 57.3 Å². The maximum absolute atomic E-state index is 5.97. The summed E-state index contributed by atoms with van der Waals surface area (Å²) in [7, 11) is 0. The van der Waals surface area contributed by atoms with Crippen LogP contribution in [0.15, 0.2) is 24.3 Å². The molecule has 1 atom stereocenters. The molecule has 0 spiro atoms. The summed E-state index contributed by atoms with van der Waals surface area (Å²) in [5.41, 5.74) is 1.41. The van der Waals surface area contributed by atoms with E-state index in [1.54, 1.807) is 0 Å². The van der Waals surface area contributed by atoms with Crippen molar-refractivity contribution in [2.75, 3.05) is 13.1 Å². The van der Waals surface area contributed by atoms with Gasteiger partial charge in [0.1, 0.15) is 0 Å². The molecule has 1 aromatic rings. The van der Waals surface area contributed by atoms with Crippen LogP contribution in [0.2, 0.25) is 5.02 Å². The Labute approximate surface area is 123 Å². The maximum atomic E-state index is 5.97. The van der Waals surface area contributed by atoms with E-state index >= 15 is 0 Å². The third-order valence-electron chi connectivity index (χ3n) is 3.49. The van der Waals surface area contributed by atoms with E-state index < -0.39 is 0 Å². The quantitative estimate of drug-likeness (QED) is 0.610. The summed E-state index contributed by atoms with van der Waals surface area (Å²) in [6.45, 7) is 8.99. The summed E-state index contributed by atoms with van der Waals surface area (Å²) in [4.78, 5) is 0. The van der Waals surface area contributed by atoms with E-state index in [0.29, 0.717) is 5.92 Å². The van der Waals surface area contributed by atoms with Crippen LogP contribution in [0.3, 0.4) is 0 Å². The summed E-state index contributed by atoms with van der Waals surface area (Å²) in [5.74, 6) is 1.41. The molecule has 0 fully saturated rings. The first-order valence-corrected chi connectivity index (χ1v) is 7.97. The molecule has 0 amide bonds. The van der Waals surface area contributed by atoms with Crippen molar-refractivity contribution < 1.29 is 0 Å². The topological polar surface area (TPSA) is 12.0 Å². The second-order valence-electron chi connectivity index (χ2n) is 5.78. The molecule has 1 rings (SSSR count). The zero-order valence-corrected chi connectivity index (χ0v) is 13.3. The molecule has 1 aromatic carbocycles. The van der Waals surface area contributed by atoms with E-state index in [-0.39, 0.29) is 0 Å². The lowest BCUT2D eigenvalue weighted by Crippen LogP contribution is -2.22. The van der Waals surface area contributed by atoms with Crippen molar-refractivity contribution in [1.82, 2.24) is 5.32 Å². The van der Waals surface area contributed by atoms with Gasteiger partial charge in [0.25, 0.3) is 0 Å². The third kappa shape index (κ3) is 6.98. The van der Waals surface area contributed by atoms with Crippen molar-refractivity contribution >= 4 is 11.6 Å². The van der Waals surface area contributed by atoms with E-state index in [1.807, 2.05) is 12.1 Å². The van der Waals surface area contributed by atoms with Crippen LogP contribution in [-0.2, 0) is 0 Å². The van der Waals surface area contributed by atoms with E-state index in [9.17, 15) is 0 Å². The van der Waals surface area contributed by atoms with Crippen molar-refractivity contribution in [2.45, 2.75) is 52.4 Å². The average molecular weight is 282 g/mol. The lowest BCUT2D eigenvalue weighted by atomic mass is 9.92. The average Bonchev–Trinajstić information content (AvgIpc) is 2.38. The first-order chi connectivity index (χ1) is 9.13. The Bertz CT molecular complexity index is 332. The van der Waals surface area contributed by atoms with Crippen molar-refractivity contribution in [3.8, 4) is 0 Å². The first-order valence-electron chi connectivity index (χ1n) is 7.59. The predicted molar refractivity (Wildman–Crippen MR) is 86.0 cm³/mol. The molecular formula is C17H28ClN. The van der Waals surface area contributed by atoms with Gasteiger partial charge in [-0.3, -0.25) is 0 Å². The Balaban J connectivity index is 2.54. The van der Waals surface area contributed by atoms with Crippen LogP contribution in [0.25, 0.3) is 0 Å².